The first-order chi connectivity index (χ1) is 13.8. The molecule has 1 aromatic carbocycles. The van der Waals surface area contributed by atoms with Gasteiger partial charge in [0.1, 0.15) is 4.21 Å². The summed E-state index contributed by atoms with van der Waals surface area (Å²) in [5.74, 6) is -2.16. The monoisotopic (exact) mass is 433 g/mol. The van der Waals surface area contributed by atoms with Gasteiger partial charge in [-0.1, -0.05) is 12.5 Å². The molecule has 2 aliphatic rings. The van der Waals surface area contributed by atoms with Crippen LogP contribution in [0.4, 0.5) is 5.69 Å². The van der Waals surface area contributed by atoms with E-state index in [4.69, 9.17) is 5.73 Å². The molecule has 1 fully saturated rings. The number of hydrogen-bond acceptors (Lipinski definition) is 7. The summed E-state index contributed by atoms with van der Waals surface area (Å²) < 4.78 is 27.1. The van der Waals surface area contributed by atoms with Gasteiger partial charge in [-0.15, -0.1) is 11.3 Å². The summed E-state index contributed by atoms with van der Waals surface area (Å²) in [6, 6.07) is 7.51. The number of amides is 3. The summed E-state index contributed by atoms with van der Waals surface area (Å²) >= 11 is 0.986. The van der Waals surface area contributed by atoms with Gasteiger partial charge in [-0.25, -0.2) is 13.3 Å². The Hall–Kier alpha value is -2.56. The van der Waals surface area contributed by atoms with Gasteiger partial charge in [0, 0.05) is 23.7 Å². The van der Waals surface area contributed by atoms with Gasteiger partial charge in [0.25, 0.3) is 21.8 Å². The number of thiophene rings is 1. The average molecular weight is 434 g/mol. The molecule has 1 saturated heterocycles. The average Bonchev–Trinajstić information content (AvgIpc) is 3.27. The Morgan fingerprint density at radius 2 is 1.76 bits per heavy atom. The van der Waals surface area contributed by atoms with Crippen LogP contribution in [-0.2, 0) is 21.2 Å². The number of hydrogen-bond donors (Lipinski definition) is 1. The molecule has 152 valence electrons. The number of anilines is 1. The maximum atomic E-state index is 12.8. The van der Waals surface area contributed by atoms with Crippen molar-refractivity contribution in [3.05, 3.63) is 46.3 Å². The molecule has 2 aliphatic heterocycles. The number of nitrogen functional groups attached to an aromatic ring is 1. The van der Waals surface area contributed by atoms with Crippen LogP contribution in [0.25, 0.3) is 0 Å². The number of rotatable bonds is 4. The Morgan fingerprint density at radius 3 is 2.45 bits per heavy atom. The number of nitrogens with zero attached hydrogens (tertiary/aromatic N) is 2. The van der Waals surface area contributed by atoms with Gasteiger partial charge in [-0.3, -0.25) is 14.4 Å². The number of carbonyl (C=O) groups is 3. The number of piperidine rings is 1. The van der Waals surface area contributed by atoms with E-state index in [9.17, 15) is 22.8 Å². The third-order valence-corrected chi connectivity index (χ3v) is 8.52. The van der Waals surface area contributed by atoms with E-state index in [1.54, 1.807) is 12.1 Å². The van der Waals surface area contributed by atoms with Crippen molar-refractivity contribution in [2.45, 2.75) is 29.9 Å². The summed E-state index contributed by atoms with van der Waals surface area (Å²) in [4.78, 5) is 38.7. The molecule has 0 saturated carbocycles. The zero-order valence-corrected chi connectivity index (χ0v) is 17.1. The number of fused-ring (bicyclic) bond motifs is 1. The van der Waals surface area contributed by atoms with E-state index in [1.807, 2.05) is 0 Å². The molecular weight excluding hydrogens is 414 g/mol. The molecule has 8 nitrogen and oxygen atoms in total. The normalized spacial score (nSPS) is 17.6. The van der Waals surface area contributed by atoms with E-state index in [-0.39, 0.29) is 27.4 Å². The van der Waals surface area contributed by atoms with E-state index >= 15 is 0 Å². The van der Waals surface area contributed by atoms with Crippen molar-refractivity contribution in [2.24, 2.45) is 0 Å². The first-order valence-electron chi connectivity index (χ1n) is 9.19. The van der Waals surface area contributed by atoms with Crippen LogP contribution < -0.4 is 5.73 Å². The lowest BCUT2D eigenvalue weighted by Crippen LogP contribution is -2.37. The minimum atomic E-state index is -3.59. The maximum absolute atomic E-state index is 12.8. The zero-order valence-electron chi connectivity index (χ0n) is 15.5. The molecule has 10 heteroatoms. The van der Waals surface area contributed by atoms with Crippen LogP contribution in [-0.4, -0.2) is 48.4 Å². The molecule has 2 aromatic rings. The van der Waals surface area contributed by atoms with E-state index in [1.165, 1.54) is 22.5 Å². The predicted molar refractivity (Wildman–Crippen MR) is 107 cm³/mol. The Kier molecular flexibility index (Phi) is 5.01. The highest BCUT2D eigenvalue weighted by atomic mass is 32.2. The van der Waals surface area contributed by atoms with Crippen molar-refractivity contribution in [3.8, 4) is 0 Å². The first-order valence-corrected chi connectivity index (χ1v) is 11.5. The second kappa shape index (κ2) is 7.36. The van der Waals surface area contributed by atoms with Crippen LogP contribution >= 0.6 is 11.3 Å². The molecule has 4 rings (SSSR count). The van der Waals surface area contributed by atoms with Crippen LogP contribution in [0.2, 0.25) is 0 Å². The molecule has 0 aliphatic carbocycles. The Balaban J connectivity index is 1.53. The largest absolute Gasteiger partial charge is 0.398 e. The van der Waals surface area contributed by atoms with Crippen molar-refractivity contribution in [1.82, 2.24) is 9.21 Å². The van der Waals surface area contributed by atoms with Crippen LogP contribution in [0.15, 0.2) is 34.5 Å². The van der Waals surface area contributed by atoms with Gasteiger partial charge in [-0.05, 0) is 37.1 Å². The highest BCUT2D eigenvalue weighted by Gasteiger charge is 2.41. The number of benzene rings is 1. The van der Waals surface area contributed by atoms with Gasteiger partial charge in [-0.2, -0.15) is 4.31 Å². The fourth-order valence-corrected chi connectivity index (χ4v) is 6.61. The summed E-state index contributed by atoms with van der Waals surface area (Å²) in [5.41, 5.74) is 6.05. The molecule has 3 amide bonds. The van der Waals surface area contributed by atoms with Gasteiger partial charge in [0.05, 0.1) is 17.5 Å². The second-order valence-electron chi connectivity index (χ2n) is 6.97. The number of nitrogens with two attached hydrogens (primary N) is 1. The minimum absolute atomic E-state index is 0.0328. The molecule has 0 atom stereocenters. The molecule has 29 heavy (non-hydrogen) atoms. The van der Waals surface area contributed by atoms with E-state index in [0.29, 0.717) is 22.9 Å². The SMILES string of the molecule is Nc1cccc2c1C(=O)N(C(=O)Cc1ccc(S(=O)(=O)N3CCCCC3)s1)C2=O. The molecule has 0 radical (unpaired) electrons. The predicted octanol–water partition coefficient (Wildman–Crippen LogP) is 1.87. The quantitative estimate of drug-likeness (QED) is 0.581. The molecule has 0 spiro atoms. The van der Waals surface area contributed by atoms with Crippen molar-refractivity contribution >= 4 is 44.8 Å². The lowest BCUT2D eigenvalue weighted by atomic mass is 10.1. The van der Waals surface area contributed by atoms with E-state index in [0.717, 1.165) is 30.6 Å². The highest BCUT2D eigenvalue weighted by molar-refractivity contribution is 7.91. The zero-order chi connectivity index (χ0) is 20.8. The van der Waals surface area contributed by atoms with Crippen molar-refractivity contribution in [2.75, 3.05) is 18.8 Å². The summed E-state index contributed by atoms with van der Waals surface area (Å²) in [5, 5.41) is 0. The lowest BCUT2D eigenvalue weighted by Gasteiger charge is -2.25. The third-order valence-electron chi connectivity index (χ3n) is 5.07. The van der Waals surface area contributed by atoms with Gasteiger partial charge in [0.2, 0.25) is 5.91 Å². The number of sulfonamides is 1. The van der Waals surface area contributed by atoms with Crippen LogP contribution in [0.3, 0.4) is 0 Å². The molecule has 0 bridgehead atoms. The summed E-state index contributed by atoms with van der Waals surface area (Å²) in [6.45, 7) is 0.982. The Morgan fingerprint density at radius 1 is 1.03 bits per heavy atom. The Labute approximate surface area is 172 Å². The van der Waals surface area contributed by atoms with Gasteiger partial charge < -0.3 is 5.73 Å². The lowest BCUT2D eigenvalue weighted by molar-refractivity contribution is -0.125. The van der Waals surface area contributed by atoms with Crippen LogP contribution in [0, 0.1) is 0 Å². The van der Waals surface area contributed by atoms with Gasteiger partial charge >= 0.3 is 0 Å². The van der Waals surface area contributed by atoms with Crippen LogP contribution in [0.5, 0.6) is 0 Å². The molecule has 3 heterocycles. The van der Waals surface area contributed by atoms with Crippen LogP contribution in [0.1, 0.15) is 44.9 Å². The van der Waals surface area contributed by atoms with Crippen molar-refractivity contribution in [1.29, 1.82) is 0 Å². The summed E-state index contributed by atoms with van der Waals surface area (Å²) in [7, 11) is -3.59. The fourth-order valence-electron chi connectivity index (χ4n) is 3.59. The third kappa shape index (κ3) is 3.37. The standard InChI is InChI=1S/C19H19N3O5S2/c20-14-6-4-5-13-17(14)19(25)22(18(13)24)15(23)11-12-7-8-16(28-12)29(26,27)21-9-2-1-3-10-21/h4-8H,1-3,9-11,20H2. The molecule has 1 aromatic heterocycles. The van der Waals surface area contributed by atoms with E-state index in [2.05, 4.69) is 0 Å². The Bertz CT molecular complexity index is 1120. The van der Waals surface area contributed by atoms with Crippen molar-refractivity contribution in [3.63, 3.8) is 0 Å². The minimum Gasteiger partial charge on any atom is -0.398 e. The maximum Gasteiger partial charge on any atom is 0.270 e. The molecule has 0 unspecified atom stereocenters. The second-order valence-corrected chi connectivity index (χ2v) is 10.3. The van der Waals surface area contributed by atoms with Crippen molar-refractivity contribution < 1.29 is 22.8 Å². The topological polar surface area (TPSA) is 118 Å². The fraction of sp³-hybridized carbons (Fsp3) is 0.316. The first kappa shape index (κ1) is 19.7. The molecular formula is C19H19N3O5S2. The smallest absolute Gasteiger partial charge is 0.270 e. The molecule has 2 N–H and O–H groups in total. The number of carbonyl (C=O) groups excluding carboxylic acids is 3. The summed E-state index contributed by atoms with van der Waals surface area (Å²) in [6.07, 6.45) is 2.43. The number of imide groups is 3. The highest BCUT2D eigenvalue weighted by Crippen LogP contribution is 2.30. The van der Waals surface area contributed by atoms with E-state index < -0.39 is 27.7 Å². The van der Waals surface area contributed by atoms with Gasteiger partial charge in [0.15, 0.2) is 0 Å².